The quantitative estimate of drug-likeness (QED) is 0.637. The Labute approximate surface area is 111 Å². The number of hydrogen-bond acceptors (Lipinski definition) is 5. The van der Waals surface area contributed by atoms with Crippen molar-refractivity contribution in [3.63, 3.8) is 0 Å². The van der Waals surface area contributed by atoms with Gasteiger partial charge in [0.05, 0.1) is 5.56 Å². The Morgan fingerprint density at radius 3 is 2.63 bits per heavy atom. The minimum absolute atomic E-state index is 0.0184. The summed E-state index contributed by atoms with van der Waals surface area (Å²) in [4.78, 5) is 13.0. The lowest BCUT2D eigenvalue weighted by Crippen LogP contribution is -2.55. The number of rotatable bonds is 3. The molecule has 1 aromatic carbocycles. The second-order valence-corrected chi connectivity index (χ2v) is 4.68. The summed E-state index contributed by atoms with van der Waals surface area (Å²) in [7, 11) is 0. The van der Waals surface area contributed by atoms with Crippen LogP contribution in [0.4, 0.5) is 0 Å². The molecule has 19 heavy (non-hydrogen) atoms. The number of phenolic OH excluding ortho intramolecular Hbond substituents is 2. The Morgan fingerprint density at radius 1 is 1.42 bits per heavy atom. The van der Waals surface area contributed by atoms with Gasteiger partial charge in [0.25, 0.3) is 0 Å². The number of piperazine rings is 1. The van der Waals surface area contributed by atoms with E-state index in [4.69, 9.17) is 0 Å². The van der Waals surface area contributed by atoms with E-state index in [0.717, 1.165) is 0 Å². The molecule has 0 aromatic heterocycles. The van der Waals surface area contributed by atoms with E-state index >= 15 is 0 Å². The van der Waals surface area contributed by atoms with Crippen molar-refractivity contribution in [2.24, 2.45) is 0 Å². The first-order chi connectivity index (χ1) is 9.02. The second kappa shape index (κ2) is 5.46. The van der Waals surface area contributed by atoms with E-state index in [9.17, 15) is 20.1 Å². The van der Waals surface area contributed by atoms with Crippen molar-refractivity contribution in [1.29, 1.82) is 0 Å². The van der Waals surface area contributed by atoms with Crippen molar-refractivity contribution >= 4 is 5.97 Å². The Hall–Kier alpha value is -1.79. The summed E-state index contributed by atoms with van der Waals surface area (Å²) in [6.45, 7) is 3.37. The first kappa shape index (κ1) is 13.6. The predicted molar refractivity (Wildman–Crippen MR) is 69.2 cm³/mol. The fourth-order valence-corrected chi connectivity index (χ4v) is 2.55. The monoisotopic (exact) mass is 266 g/mol. The smallest absolute Gasteiger partial charge is 0.322 e. The highest BCUT2D eigenvalue weighted by molar-refractivity contribution is 5.74. The zero-order valence-corrected chi connectivity index (χ0v) is 10.7. The Kier molecular flexibility index (Phi) is 3.92. The number of nitrogens with one attached hydrogen (secondary N) is 1. The highest BCUT2D eigenvalue weighted by Gasteiger charge is 2.33. The lowest BCUT2D eigenvalue weighted by atomic mass is 10.0. The van der Waals surface area contributed by atoms with E-state index in [1.807, 2.05) is 0 Å². The average molecular weight is 266 g/mol. The van der Waals surface area contributed by atoms with Gasteiger partial charge in [-0.3, -0.25) is 9.69 Å². The number of aromatic hydroxyl groups is 2. The van der Waals surface area contributed by atoms with Crippen LogP contribution in [-0.4, -0.2) is 51.9 Å². The molecule has 1 fully saturated rings. The lowest BCUT2D eigenvalue weighted by Gasteiger charge is -2.38. The number of benzene rings is 1. The molecule has 104 valence electrons. The largest absolute Gasteiger partial charge is 0.507 e. The first-order valence-corrected chi connectivity index (χ1v) is 6.22. The number of carboxylic acids is 1. The molecule has 0 radical (unpaired) electrons. The van der Waals surface area contributed by atoms with Gasteiger partial charge in [-0.1, -0.05) is 6.07 Å². The Balaban J connectivity index is 2.31. The second-order valence-electron chi connectivity index (χ2n) is 4.68. The predicted octanol–water partition coefficient (Wildman–Crippen LogP) is 0.517. The summed E-state index contributed by atoms with van der Waals surface area (Å²) in [5, 5.41) is 32.0. The fraction of sp³-hybridized carbons (Fsp3) is 0.462. The van der Waals surface area contributed by atoms with Crippen LogP contribution < -0.4 is 5.32 Å². The molecule has 0 saturated carbocycles. The van der Waals surface area contributed by atoms with Gasteiger partial charge in [-0.25, -0.2) is 0 Å². The molecule has 6 nitrogen and oxygen atoms in total. The molecule has 0 bridgehead atoms. The summed E-state index contributed by atoms with van der Waals surface area (Å²) >= 11 is 0. The number of carboxylic acid groups (broad SMARTS) is 1. The van der Waals surface area contributed by atoms with E-state index in [-0.39, 0.29) is 17.5 Å². The minimum atomic E-state index is -0.908. The zero-order valence-electron chi connectivity index (χ0n) is 10.7. The van der Waals surface area contributed by atoms with Crippen LogP contribution in [0.15, 0.2) is 18.2 Å². The molecule has 0 spiro atoms. The molecule has 1 aliphatic heterocycles. The molecule has 1 saturated heterocycles. The zero-order chi connectivity index (χ0) is 14.0. The van der Waals surface area contributed by atoms with Gasteiger partial charge in [0.15, 0.2) is 0 Å². The highest BCUT2D eigenvalue weighted by Crippen LogP contribution is 2.36. The third kappa shape index (κ3) is 2.64. The van der Waals surface area contributed by atoms with Crippen LogP contribution in [0.1, 0.15) is 18.5 Å². The van der Waals surface area contributed by atoms with E-state index in [2.05, 4.69) is 5.32 Å². The highest BCUT2D eigenvalue weighted by atomic mass is 16.4. The SMILES string of the molecule is CC(c1c(O)cccc1O)N1CCNCC1C(=O)O. The summed E-state index contributed by atoms with van der Waals surface area (Å²) < 4.78 is 0. The molecule has 1 heterocycles. The Bertz CT molecular complexity index is 457. The van der Waals surface area contributed by atoms with Crippen molar-refractivity contribution in [2.45, 2.75) is 19.0 Å². The number of carbonyl (C=O) groups is 1. The van der Waals surface area contributed by atoms with Crippen LogP contribution in [0, 0.1) is 0 Å². The molecular weight excluding hydrogens is 248 g/mol. The van der Waals surface area contributed by atoms with Crippen LogP contribution >= 0.6 is 0 Å². The molecule has 0 aliphatic carbocycles. The molecule has 2 unspecified atom stereocenters. The molecule has 0 amide bonds. The van der Waals surface area contributed by atoms with Gasteiger partial charge in [-0.15, -0.1) is 0 Å². The number of hydrogen-bond donors (Lipinski definition) is 4. The van der Waals surface area contributed by atoms with Crippen LogP contribution in [0.5, 0.6) is 11.5 Å². The normalized spacial score (nSPS) is 22.1. The van der Waals surface area contributed by atoms with Gasteiger partial charge in [-0.05, 0) is 19.1 Å². The van der Waals surface area contributed by atoms with Crippen molar-refractivity contribution in [2.75, 3.05) is 19.6 Å². The van der Waals surface area contributed by atoms with Crippen LogP contribution in [0.3, 0.4) is 0 Å². The van der Waals surface area contributed by atoms with E-state index in [1.54, 1.807) is 17.9 Å². The third-order valence-electron chi connectivity index (χ3n) is 3.55. The topological polar surface area (TPSA) is 93.0 Å². The fourth-order valence-electron chi connectivity index (χ4n) is 2.55. The van der Waals surface area contributed by atoms with Gasteiger partial charge in [0.1, 0.15) is 17.5 Å². The maximum atomic E-state index is 11.3. The maximum Gasteiger partial charge on any atom is 0.322 e. The van der Waals surface area contributed by atoms with Gasteiger partial charge in [-0.2, -0.15) is 0 Å². The van der Waals surface area contributed by atoms with E-state index < -0.39 is 12.0 Å². The number of aliphatic carboxylic acids is 1. The molecule has 1 aliphatic rings. The summed E-state index contributed by atoms with van der Waals surface area (Å²) in [6.07, 6.45) is 0. The average Bonchev–Trinajstić information content (AvgIpc) is 2.38. The Morgan fingerprint density at radius 2 is 2.05 bits per heavy atom. The van der Waals surface area contributed by atoms with E-state index in [1.165, 1.54) is 12.1 Å². The van der Waals surface area contributed by atoms with Crippen molar-refractivity contribution < 1.29 is 20.1 Å². The number of phenols is 2. The standard InChI is InChI=1S/C13H18N2O4/c1-8(12-10(16)3-2-4-11(12)17)15-6-5-14-7-9(15)13(18)19/h2-4,8-9,14,16-17H,5-7H2,1H3,(H,18,19). The van der Waals surface area contributed by atoms with Crippen LogP contribution in [0.25, 0.3) is 0 Å². The van der Waals surface area contributed by atoms with Gasteiger partial charge < -0.3 is 20.6 Å². The van der Waals surface area contributed by atoms with Crippen LogP contribution in [-0.2, 0) is 4.79 Å². The van der Waals surface area contributed by atoms with E-state index in [0.29, 0.717) is 25.2 Å². The molecule has 2 atom stereocenters. The van der Waals surface area contributed by atoms with Gasteiger partial charge in [0.2, 0.25) is 0 Å². The maximum absolute atomic E-state index is 11.3. The molecule has 2 rings (SSSR count). The lowest BCUT2D eigenvalue weighted by molar-refractivity contribution is -0.145. The molecular formula is C13H18N2O4. The summed E-state index contributed by atoms with van der Waals surface area (Å²) in [5.74, 6) is -0.945. The van der Waals surface area contributed by atoms with Gasteiger partial charge >= 0.3 is 5.97 Å². The first-order valence-electron chi connectivity index (χ1n) is 6.22. The van der Waals surface area contributed by atoms with Crippen LogP contribution in [0.2, 0.25) is 0 Å². The van der Waals surface area contributed by atoms with Gasteiger partial charge in [0, 0.05) is 25.7 Å². The third-order valence-corrected chi connectivity index (χ3v) is 3.55. The van der Waals surface area contributed by atoms with Crippen molar-refractivity contribution in [3.05, 3.63) is 23.8 Å². The van der Waals surface area contributed by atoms with Crippen molar-refractivity contribution in [1.82, 2.24) is 10.2 Å². The van der Waals surface area contributed by atoms with Crippen molar-refractivity contribution in [3.8, 4) is 11.5 Å². The summed E-state index contributed by atoms with van der Waals surface area (Å²) in [5.41, 5.74) is 0.371. The molecule has 6 heteroatoms. The summed E-state index contributed by atoms with van der Waals surface area (Å²) in [6, 6.07) is 3.49. The minimum Gasteiger partial charge on any atom is -0.507 e. The number of nitrogens with zero attached hydrogens (tertiary/aromatic N) is 1. The molecule has 4 N–H and O–H groups in total. The molecule has 1 aromatic rings.